The summed E-state index contributed by atoms with van der Waals surface area (Å²) in [5, 5.41) is 8.64. The van der Waals surface area contributed by atoms with E-state index in [-0.39, 0.29) is 12.2 Å². The molecule has 1 atom stereocenters. The molecule has 0 heterocycles. The zero-order chi connectivity index (χ0) is 11.2. The molecule has 0 aromatic carbocycles. The van der Waals surface area contributed by atoms with Gasteiger partial charge in [0.1, 0.15) is 6.04 Å². The van der Waals surface area contributed by atoms with Crippen molar-refractivity contribution < 1.29 is 18.3 Å². The van der Waals surface area contributed by atoms with Crippen LogP contribution in [-0.2, 0) is 14.8 Å². The molecule has 6 heteroatoms. The summed E-state index contributed by atoms with van der Waals surface area (Å²) in [6.45, 7) is 3.51. The molecular weight excluding hydrogens is 206 g/mol. The lowest BCUT2D eigenvalue weighted by atomic mass is 10.2. The fourth-order valence-corrected chi connectivity index (χ4v) is 2.41. The quantitative estimate of drug-likeness (QED) is 0.661. The number of carboxylic acids is 1. The molecule has 0 rings (SSSR count). The van der Waals surface area contributed by atoms with Crippen LogP contribution in [0.2, 0.25) is 0 Å². The van der Waals surface area contributed by atoms with E-state index in [0.717, 1.165) is 6.42 Å². The maximum Gasteiger partial charge on any atom is 0.321 e. The SMILES string of the molecule is CCCCS(=O)(=O)N[C@H](CC)C(=O)O. The highest BCUT2D eigenvalue weighted by Crippen LogP contribution is 1.98. The average Bonchev–Trinajstić information content (AvgIpc) is 2.10. The third-order valence-electron chi connectivity index (χ3n) is 1.79. The van der Waals surface area contributed by atoms with Crippen LogP contribution in [0, 0.1) is 0 Å². The fraction of sp³-hybridized carbons (Fsp3) is 0.875. The molecule has 0 saturated heterocycles. The summed E-state index contributed by atoms with van der Waals surface area (Å²) in [7, 11) is -3.43. The Hall–Kier alpha value is -0.620. The fourth-order valence-electron chi connectivity index (χ4n) is 0.918. The lowest BCUT2D eigenvalue weighted by molar-refractivity contribution is -0.139. The number of aliphatic carboxylic acids is 1. The number of sulfonamides is 1. The Balaban J connectivity index is 4.26. The van der Waals surface area contributed by atoms with Gasteiger partial charge in [0.2, 0.25) is 10.0 Å². The van der Waals surface area contributed by atoms with Crippen LogP contribution in [0.1, 0.15) is 33.1 Å². The zero-order valence-corrected chi connectivity index (χ0v) is 9.30. The van der Waals surface area contributed by atoms with Crippen LogP contribution in [-0.4, -0.2) is 31.3 Å². The third-order valence-corrected chi connectivity index (χ3v) is 3.26. The average molecular weight is 223 g/mol. The molecule has 0 aliphatic carbocycles. The zero-order valence-electron chi connectivity index (χ0n) is 8.49. The summed E-state index contributed by atoms with van der Waals surface area (Å²) in [5.74, 6) is -1.14. The maximum atomic E-state index is 11.3. The molecule has 0 radical (unpaired) electrons. The molecule has 0 unspecified atom stereocenters. The number of unbranched alkanes of at least 4 members (excludes halogenated alkanes) is 1. The standard InChI is InChI=1S/C8H17NO4S/c1-3-5-6-14(12,13)9-7(4-2)8(10)11/h7,9H,3-6H2,1-2H3,(H,10,11)/t7-/m1/s1. The lowest BCUT2D eigenvalue weighted by Gasteiger charge is -2.12. The number of nitrogens with one attached hydrogen (secondary N) is 1. The first-order valence-corrected chi connectivity index (χ1v) is 6.31. The van der Waals surface area contributed by atoms with Crippen molar-refractivity contribution in [3.63, 3.8) is 0 Å². The molecule has 0 spiro atoms. The van der Waals surface area contributed by atoms with Gasteiger partial charge < -0.3 is 5.11 Å². The van der Waals surface area contributed by atoms with Crippen molar-refractivity contribution in [3.8, 4) is 0 Å². The summed E-state index contributed by atoms with van der Waals surface area (Å²) >= 11 is 0. The van der Waals surface area contributed by atoms with Gasteiger partial charge in [-0.05, 0) is 12.8 Å². The molecule has 0 amide bonds. The van der Waals surface area contributed by atoms with Crippen LogP contribution >= 0.6 is 0 Å². The Kier molecular flexibility index (Phi) is 5.71. The Labute approximate surface area is 84.6 Å². The molecule has 0 saturated carbocycles. The molecule has 0 bridgehead atoms. The molecule has 5 nitrogen and oxygen atoms in total. The molecular formula is C8H17NO4S. The highest BCUT2D eigenvalue weighted by Gasteiger charge is 2.21. The van der Waals surface area contributed by atoms with Gasteiger partial charge >= 0.3 is 5.97 Å². The number of hydrogen-bond donors (Lipinski definition) is 2. The topological polar surface area (TPSA) is 83.5 Å². The van der Waals surface area contributed by atoms with Crippen LogP contribution in [0.25, 0.3) is 0 Å². The second-order valence-corrected chi connectivity index (χ2v) is 4.96. The van der Waals surface area contributed by atoms with Crippen molar-refractivity contribution in [2.24, 2.45) is 0 Å². The van der Waals surface area contributed by atoms with E-state index in [1.54, 1.807) is 6.92 Å². The predicted molar refractivity (Wildman–Crippen MR) is 53.5 cm³/mol. The highest BCUT2D eigenvalue weighted by atomic mass is 32.2. The van der Waals surface area contributed by atoms with Crippen LogP contribution in [0.15, 0.2) is 0 Å². The Morgan fingerprint density at radius 1 is 1.43 bits per heavy atom. The second kappa shape index (κ2) is 5.98. The van der Waals surface area contributed by atoms with E-state index < -0.39 is 22.0 Å². The third kappa shape index (κ3) is 5.18. The van der Waals surface area contributed by atoms with Gasteiger partial charge in [-0.25, -0.2) is 13.1 Å². The predicted octanol–water partition coefficient (Wildman–Crippen LogP) is 0.569. The largest absolute Gasteiger partial charge is 0.480 e. The van der Waals surface area contributed by atoms with Gasteiger partial charge in [0.05, 0.1) is 5.75 Å². The van der Waals surface area contributed by atoms with Crippen LogP contribution in [0.5, 0.6) is 0 Å². The Morgan fingerprint density at radius 2 is 2.00 bits per heavy atom. The van der Waals surface area contributed by atoms with Gasteiger partial charge in [-0.15, -0.1) is 0 Å². The number of rotatable bonds is 7. The number of hydrogen-bond acceptors (Lipinski definition) is 3. The van der Waals surface area contributed by atoms with Gasteiger partial charge in [0.25, 0.3) is 0 Å². The second-order valence-electron chi connectivity index (χ2n) is 3.09. The lowest BCUT2D eigenvalue weighted by Crippen LogP contribution is -2.41. The first-order valence-electron chi connectivity index (χ1n) is 4.65. The first-order chi connectivity index (χ1) is 6.43. The van der Waals surface area contributed by atoms with E-state index in [4.69, 9.17) is 5.11 Å². The van der Waals surface area contributed by atoms with Crippen molar-refractivity contribution in [1.82, 2.24) is 4.72 Å². The van der Waals surface area contributed by atoms with E-state index in [9.17, 15) is 13.2 Å². The molecule has 0 aromatic heterocycles. The Morgan fingerprint density at radius 3 is 2.36 bits per heavy atom. The molecule has 14 heavy (non-hydrogen) atoms. The summed E-state index contributed by atoms with van der Waals surface area (Å²) in [5.41, 5.74) is 0. The minimum absolute atomic E-state index is 0.00667. The van der Waals surface area contributed by atoms with Crippen LogP contribution in [0.4, 0.5) is 0 Å². The van der Waals surface area contributed by atoms with Crippen molar-refractivity contribution >= 4 is 16.0 Å². The van der Waals surface area contributed by atoms with Crippen molar-refractivity contribution in [1.29, 1.82) is 0 Å². The monoisotopic (exact) mass is 223 g/mol. The summed E-state index contributed by atoms with van der Waals surface area (Å²) in [6, 6.07) is -1.00. The van der Waals surface area contributed by atoms with E-state index in [2.05, 4.69) is 4.72 Å². The summed E-state index contributed by atoms with van der Waals surface area (Å²) in [6.07, 6.45) is 1.57. The highest BCUT2D eigenvalue weighted by molar-refractivity contribution is 7.89. The van der Waals surface area contributed by atoms with E-state index in [0.29, 0.717) is 6.42 Å². The molecule has 84 valence electrons. The molecule has 0 fully saturated rings. The minimum Gasteiger partial charge on any atom is -0.480 e. The normalized spacial score (nSPS) is 13.9. The van der Waals surface area contributed by atoms with Crippen molar-refractivity contribution in [2.45, 2.75) is 39.2 Å². The van der Waals surface area contributed by atoms with E-state index in [1.165, 1.54) is 0 Å². The van der Waals surface area contributed by atoms with Gasteiger partial charge in [-0.3, -0.25) is 4.79 Å². The van der Waals surface area contributed by atoms with Gasteiger partial charge in [-0.2, -0.15) is 0 Å². The molecule has 0 aromatic rings. The smallest absolute Gasteiger partial charge is 0.321 e. The summed E-state index contributed by atoms with van der Waals surface area (Å²) in [4.78, 5) is 10.6. The number of carboxylic acid groups (broad SMARTS) is 1. The minimum atomic E-state index is -3.43. The van der Waals surface area contributed by atoms with E-state index >= 15 is 0 Å². The maximum absolute atomic E-state index is 11.3. The van der Waals surface area contributed by atoms with Crippen LogP contribution in [0.3, 0.4) is 0 Å². The first kappa shape index (κ1) is 13.4. The van der Waals surface area contributed by atoms with Crippen molar-refractivity contribution in [3.05, 3.63) is 0 Å². The molecule has 2 N–H and O–H groups in total. The number of carbonyl (C=O) groups is 1. The van der Waals surface area contributed by atoms with E-state index in [1.807, 2.05) is 6.92 Å². The van der Waals surface area contributed by atoms with Gasteiger partial charge in [-0.1, -0.05) is 20.3 Å². The molecule has 0 aliphatic rings. The Bertz CT molecular complexity index is 273. The van der Waals surface area contributed by atoms with Gasteiger partial charge in [0, 0.05) is 0 Å². The van der Waals surface area contributed by atoms with Crippen molar-refractivity contribution in [2.75, 3.05) is 5.75 Å². The van der Waals surface area contributed by atoms with Crippen LogP contribution < -0.4 is 4.72 Å². The van der Waals surface area contributed by atoms with Gasteiger partial charge in [0.15, 0.2) is 0 Å². The molecule has 0 aliphatic heterocycles. The summed E-state index contributed by atoms with van der Waals surface area (Å²) < 4.78 is 24.7.